The van der Waals surface area contributed by atoms with Crippen molar-refractivity contribution >= 4 is 37.8 Å². The van der Waals surface area contributed by atoms with Crippen LogP contribution in [0, 0.1) is 11.7 Å². The van der Waals surface area contributed by atoms with Crippen LogP contribution in [0.1, 0.15) is 48.0 Å². The number of anilines is 1. The monoisotopic (exact) mass is 702 g/mol. The molecule has 1 unspecified atom stereocenters. The normalized spacial score (nSPS) is 20.6. The Balaban J connectivity index is 1.32. The van der Waals surface area contributed by atoms with E-state index in [1.54, 1.807) is 55.6 Å². The lowest BCUT2D eigenvalue weighted by molar-refractivity contribution is 0.0493. The van der Waals surface area contributed by atoms with Crippen LogP contribution in [-0.4, -0.2) is 64.6 Å². The number of methoxy groups -OCH3 is 2. The fraction of sp³-hybridized carbons (Fsp3) is 0.375. The lowest BCUT2D eigenvalue weighted by Gasteiger charge is -2.45. The van der Waals surface area contributed by atoms with Crippen LogP contribution in [0.4, 0.5) is 9.52 Å². The van der Waals surface area contributed by atoms with Crippen molar-refractivity contribution in [1.29, 1.82) is 0 Å². The van der Waals surface area contributed by atoms with Gasteiger partial charge in [0.05, 0.1) is 38.0 Å². The van der Waals surface area contributed by atoms with E-state index in [1.165, 1.54) is 29.9 Å². The Morgan fingerprint density at radius 1 is 1.09 bits per heavy atom. The first kappa shape index (κ1) is 33.3. The van der Waals surface area contributed by atoms with Gasteiger partial charge in [0.1, 0.15) is 29.4 Å². The molecule has 0 radical (unpaired) electrons. The van der Waals surface area contributed by atoms with E-state index in [2.05, 4.69) is 14.3 Å². The van der Waals surface area contributed by atoms with E-state index in [0.29, 0.717) is 48.8 Å². The van der Waals surface area contributed by atoms with E-state index in [4.69, 9.17) is 14.2 Å². The van der Waals surface area contributed by atoms with Crippen LogP contribution in [0.15, 0.2) is 71.9 Å². The molecule has 0 amide bonds. The van der Waals surface area contributed by atoms with Crippen LogP contribution in [0.25, 0.3) is 0 Å². The summed E-state index contributed by atoms with van der Waals surface area (Å²) in [5, 5.41) is 0.202. The summed E-state index contributed by atoms with van der Waals surface area (Å²) in [6.07, 6.45) is 3.35. The molecule has 4 aromatic rings. The van der Waals surface area contributed by atoms with E-state index in [-0.39, 0.29) is 46.1 Å². The molecule has 0 saturated carbocycles. The molecule has 1 fully saturated rings. The highest BCUT2D eigenvalue weighted by atomic mass is 32.2. The van der Waals surface area contributed by atoms with Gasteiger partial charge in [0.25, 0.3) is 10.0 Å². The van der Waals surface area contributed by atoms with Crippen molar-refractivity contribution in [3.63, 3.8) is 0 Å². The third kappa shape index (κ3) is 7.14. The van der Waals surface area contributed by atoms with Crippen LogP contribution in [0.3, 0.4) is 0 Å². The highest BCUT2D eigenvalue weighted by molar-refractivity contribution is 7.93. The first-order valence-electron chi connectivity index (χ1n) is 15.0. The van der Waals surface area contributed by atoms with Crippen LogP contribution in [0.5, 0.6) is 17.2 Å². The second-order valence-electron chi connectivity index (χ2n) is 11.4. The first-order valence-corrected chi connectivity index (χ1v) is 18.5. The molecule has 0 aliphatic carbocycles. The molecule has 6 rings (SSSR count). The molecule has 15 heteroatoms. The number of piperidine rings is 1. The molecular formula is C32H35FN4O7S3. The molecular weight excluding hydrogens is 668 g/mol. The number of likely N-dealkylation sites (tertiary alicyclic amines) is 1. The van der Waals surface area contributed by atoms with Crippen molar-refractivity contribution in [3.05, 3.63) is 89.5 Å². The topological polar surface area (TPSA) is 131 Å². The summed E-state index contributed by atoms with van der Waals surface area (Å²) >= 11 is -0.946. The number of hydrogen-bond donors (Lipinski definition) is 1. The molecule has 2 aliphatic heterocycles. The summed E-state index contributed by atoms with van der Waals surface area (Å²) in [4.78, 5) is 6.59. The SMILES string of the molecule is COc1ccc(CN(c2ncns2)S(=O)(=O)c2ccc3c(c2)OCC[C@H]3N2CC[C@@H](CS(=O)O)C[C@H]2c2ccc(F)cc2)c(OC)c1. The van der Waals surface area contributed by atoms with Gasteiger partial charge in [-0.1, -0.05) is 18.2 Å². The Labute approximate surface area is 279 Å². The number of halogens is 1. The van der Waals surface area contributed by atoms with Gasteiger partial charge in [-0.15, -0.1) is 0 Å². The minimum atomic E-state index is -4.14. The van der Waals surface area contributed by atoms with E-state index in [9.17, 15) is 21.6 Å². The maximum Gasteiger partial charge on any atom is 0.266 e. The second kappa shape index (κ2) is 14.2. The summed E-state index contributed by atoms with van der Waals surface area (Å²) in [6, 6.07) is 16.3. The van der Waals surface area contributed by atoms with Gasteiger partial charge in [-0.05, 0) is 61.2 Å². The minimum absolute atomic E-state index is 0.0367. The number of nitrogens with zero attached hydrogens (tertiary/aromatic N) is 4. The highest BCUT2D eigenvalue weighted by Gasteiger charge is 2.38. The summed E-state index contributed by atoms with van der Waals surface area (Å²) in [7, 11) is -1.09. The summed E-state index contributed by atoms with van der Waals surface area (Å²) in [6.45, 7) is 0.974. The van der Waals surface area contributed by atoms with Gasteiger partial charge in [0.15, 0.2) is 11.1 Å². The lowest BCUT2D eigenvalue weighted by Crippen LogP contribution is -2.42. The summed E-state index contributed by atoms with van der Waals surface area (Å²) in [5.74, 6) is 1.40. The Morgan fingerprint density at radius 3 is 2.60 bits per heavy atom. The van der Waals surface area contributed by atoms with Crippen molar-refractivity contribution in [1.82, 2.24) is 14.3 Å². The number of sulfonamides is 1. The quantitative estimate of drug-likeness (QED) is 0.198. The fourth-order valence-electron chi connectivity index (χ4n) is 6.45. The van der Waals surface area contributed by atoms with Crippen molar-refractivity contribution in [2.75, 3.05) is 37.4 Å². The van der Waals surface area contributed by atoms with Gasteiger partial charge >= 0.3 is 0 Å². The largest absolute Gasteiger partial charge is 0.497 e. The Hall–Kier alpha value is -3.63. The fourth-order valence-corrected chi connectivity index (χ4v) is 9.30. The molecule has 1 aromatic heterocycles. The molecule has 0 bridgehead atoms. The average Bonchev–Trinajstić information content (AvgIpc) is 3.61. The molecule has 11 nitrogen and oxygen atoms in total. The molecule has 250 valence electrons. The standard InChI is InChI=1S/C32H35FN4O7S3/c1-42-25-8-5-23(30(16-25)43-2)18-37(32-34-20-35-45-32)47(40,41)26-9-10-27-28(12-14-44-31(27)17-26)36-13-11-21(19-46(38)39)15-29(36)22-3-6-24(33)7-4-22/h3-10,16-17,20-21,28-29H,11-15,18-19H2,1-2H3,(H,38,39)/t21-,28-,29+/m1/s1. The van der Waals surface area contributed by atoms with E-state index >= 15 is 0 Å². The summed E-state index contributed by atoms with van der Waals surface area (Å²) in [5.41, 5.74) is 2.39. The van der Waals surface area contributed by atoms with Crippen molar-refractivity contribution in [2.45, 2.75) is 42.8 Å². The maximum absolute atomic E-state index is 14.3. The van der Waals surface area contributed by atoms with Crippen LogP contribution < -0.4 is 18.5 Å². The lowest BCUT2D eigenvalue weighted by atomic mass is 9.85. The van der Waals surface area contributed by atoms with Gasteiger partial charge in [-0.25, -0.2) is 26.3 Å². The van der Waals surface area contributed by atoms with Crippen LogP contribution >= 0.6 is 11.5 Å². The Morgan fingerprint density at radius 2 is 1.89 bits per heavy atom. The highest BCUT2D eigenvalue weighted by Crippen LogP contribution is 2.46. The van der Waals surface area contributed by atoms with Gasteiger partial charge < -0.3 is 18.8 Å². The predicted molar refractivity (Wildman–Crippen MR) is 176 cm³/mol. The number of hydrogen-bond acceptors (Lipinski definition) is 10. The van der Waals surface area contributed by atoms with E-state index in [0.717, 1.165) is 29.1 Å². The number of aromatic nitrogens is 2. The average molecular weight is 703 g/mol. The molecule has 2 aliphatic rings. The van der Waals surface area contributed by atoms with Gasteiger partial charge in [-0.3, -0.25) is 4.90 Å². The van der Waals surface area contributed by atoms with Crippen LogP contribution in [0.2, 0.25) is 0 Å². The van der Waals surface area contributed by atoms with E-state index in [1.807, 2.05) is 0 Å². The smallest absolute Gasteiger partial charge is 0.266 e. The Kier molecular flexibility index (Phi) is 10.1. The number of benzene rings is 3. The van der Waals surface area contributed by atoms with E-state index < -0.39 is 21.1 Å². The van der Waals surface area contributed by atoms with Crippen molar-refractivity contribution in [2.24, 2.45) is 5.92 Å². The number of ether oxygens (including phenoxy) is 3. The molecule has 47 heavy (non-hydrogen) atoms. The molecule has 1 N–H and O–H groups in total. The molecule has 1 saturated heterocycles. The minimum Gasteiger partial charge on any atom is -0.497 e. The first-order chi connectivity index (χ1) is 22.7. The van der Waals surface area contributed by atoms with Crippen molar-refractivity contribution in [3.8, 4) is 17.2 Å². The van der Waals surface area contributed by atoms with Gasteiger partial charge in [0.2, 0.25) is 5.13 Å². The molecule has 0 spiro atoms. The Bertz CT molecular complexity index is 1830. The molecule has 4 atom stereocenters. The van der Waals surface area contributed by atoms with Crippen molar-refractivity contribution < 1.29 is 35.8 Å². The zero-order valence-corrected chi connectivity index (χ0v) is 28.3. The van der Waals surface area contributed by atoms with Gasteiger partial charge in [0, 0.05) is 53.3 Å². The zero-order chi connectivity index (χ0) is 33.1. The van der Waals surface area contributed by atoms with Gasteiger partial charge in [-0.2, -0.15) is 4.37 Å². The summed E-state index contributed by atoms with van der Waals surface area (Å²) < 4.78 is 85.8. The third-order valence-electron chi connectivity index (χ3n) is 8.74. The van der Waals surface area contributed by atoms with Crippen LogP contribution in [-0.2, 0) is 27.6 Å². The zero-order valence-electron chi connectivity index (χ0n) is 25.8. The third-order valence-corrected chi connectivity index (χ3v) is 12.0. The molecule has 3 aromatic carbocycles. The number of fused-ring (bicyclic) bond motifs is 1. The maximum atomic E-state index is 14.3. The molecule has 3 heterocycles. The second-order valence-corrected chi connectivity index (χ2v) is 15.0. The number of rotatable bonds is 11. The predicted octanol–water partition coefficient (Wildman–Crippen LogP) is 5.59.